The quantitative estimate of drug-likeness (QED) is 0.320. The average molecular weight is 484 g/mol. The second-order valence-corrected chi connectivity index (χ2v) is 8.35. The fourth-order valence-electron chi connectivity index (χ4n) is 4.53. The van der Waals surface area contributed by atoms with Gasteiger partial charge in [0.2, 0.25) is 0 Å². The summed E-state index contributed by atoms with van der Waals surface area (Å²) in [6, 6.07) is -6.49. The molecule has 2 aliphatic heterocycles. The normalized spacial score (nSPS) is 24.8. The van der Waals surface area contributed by atoms with E-state index in [4.69, 9.17) is 0 Å². The van der Waals surface area contributed by atoms with Gasteiger partial charge in [0.25, 0.3) is 11.8 Å². The molecule has 2 fully saturated rings. The molecule has 3 unspecified atom stereocenters. The average Bonchev–Trinajstić information content (AvgIpc) is 2.94. The van der Waals surface area contributed by atoms with Crippen LogP contribution in [-0.4, -0.2) is 72.3 Å². The Morgan fingerprint density at radius 1 is 0.750 bits per heavy atom. The van der Waals surface area contributed by atoms with Crippen LogP contribution in [0.1, 0.15) is 32.1 Å². The molecule has 0 amide bonds. The first kappa shape index (κ1) is 26.9. The summed E-state index contributed by atoms with van der Waals surface area (Å²) in [6.45, 7) is 3.84. The number of likely N-dealkylation sites (tertiary alicyclic amines) is 2. The van der Waals surface area contributed by atoms with Crippen molar-refractivity contribution in [3.63, 3.8) is 0 Å². The van der Waals surface area contributed by atoms with Crippen LogP contribution in [0.15, 0.2) is 24.8 Å². The van der Waals surface area contributed by atoms with Crippen molar-refractivity contribution in [3.05, 3.63) is 24.8 Å². The van der Waals surface area contributed by atoms with E-state index in [1.54, 1.807) is 0 Å². The minimum absolute atomic E-state index is 0.180. The van der Waals surface area contributed by atoms with Crippen LogP contribution in [0.5, 0.6) is 0 Å². The van der Waals surface area contributed by atoms with E-state index in [0.717, 1.165) is 0 Å². The van der Waals surface area contributed by atoms with Crippen molar-refractivity contribution < 1.29 is 43.9 Å². The molecule has 0 bridgehead atoms. The molecule has 2 saturated heterocycles. The van der Waals surface area contributed by atoms with Crippen LogP contribution >= 0.6 is 0 Å². The van der Waals surface area contributed by atoms with Gasteiger partial charge in [0, 0.05) is 6.54 Å². The summed E-state index contributed by atoms with van der Waals surface area (Å²) >= 11 is 0. The fraction of sp³-hybridized carbons (Fsp3) is 0.800. The number of hydrogen-bond donors (Lipinski definition) is 0. The summed E-state index contributed by atoms with van der Waals surface area (Å²) < 4.78 is 139. The molecule has 2 nitrogen and oxygen atoms in total. The third kappa shape index (κ3) is 5.78. The van der Waals surface area contributed by atoms with E-state index in [9.17, 15) is 35.1 Å². The SMILES string of the molecule is C=CC(F)(F)C(N1CCC(C(=C)C(F)(F)C(N2CCCCCC2)C(F)(F)F)C1)C(F)(F)F. The second-order valence-electron chi connectivity index (χ2n) is 8.35. The van der Waals surface area contributed by atoms with E-state index in [0.29, 0.717) is 30.6 Å². The van der Waals surface area contributed by atoms with E-state index < -0.39 is 67.3 Å². The number of rotatable bonds is 7. The molecule has 0 aromatic carbocycles. The van der Waals surface area contributed by atoms with Crippen LogP contribution in [0.25, 0.3) is 0 Å². The molecular weight excluding hydrogens is 458 g/mol. The van der Waals surface area contributed by atoms with Crippen molar-refractivity contribution in [1.29, 1.82) is 0 Å². The van der Waals surface area contributed by atoms with E-state index in [1.165, 1.54) is 0 Å². The first-order valence-electron chi connectivity index (χ1n) is 10.2. The molecule has 32 heavy (non-hydrogen) atoms. The summed E-state index contributed by atoms with van der Waals surface area (Å²) in [5.41, 5.74) is -1.19. The van der Waals surface area contributed by atoms with Crippen LogP contribution in [-0.2, 0) is 0 Å². The van der Waals surface area contributed by atoms with Gasteiger partial charge < -0.3 is 0 Å². The Kier molecular flexibility index (Phi) is 8.01. The van der Waals surface area contributed by atoms with Crippen molar-refractivity contribution in [2.24, 2.45) is 5.92 Å². The predicted molar refractivity (Wildman–Crippen MR) is 98.6 cm³/mol. The van der Waals surface area contributed by atoms with E-state index >= 15 is 8.78 Å². The lowest BCUT2D eigenvalue weighted by Gasteiger charge is -2.39. The van der Waals surface area contributed by atoms with Gasteiger partial charge in [-0.25, -0.2) is 0 Å². The van der Waals surface area contributed by atoms with Crippen LogP contribution in [0.3, 0.4) is 0 Å². The lowest BCUT2D eigenvalue weighted by atomic mass is 9.89. The summed E-state index contributed by atoms with van der Waals surface area (Å²) in [5.74, 6) is -10.4. The highest BCUT2D eigenvalue weighted by atomic mass is 19.4. The number of nitrogens with zero attached hydrogens (tertiary/aromatic N) is 2. The number of halogens is 10. The molecule has 0 aromatic rings. The van der Waals surface area contributed by atoms with Gasteiger partial charge in [-0.05, 0) is 56.5 Å². The van der Waals surface area contributed by atoms with Gasteiger partial charge in [-0.1, -0.05) is 26.0 Å². The molecule has 0 spiro atoms. The first-order chi connectivity index (χ1) is 14.5. The smallest absolute Gasteiger partial charge is 0.287 e. The topological polar surface area (TPSA) is 6.48 Å². The fourth-order valence-corrected chi connectivity index (χ4v) is 4.53. The Morgan fingerprint density at radius 3 is 1.69 bits per heavy atom. The van der Waals surface area contributed by atoms with Gasteiger partial charge in [-0.2, -0.15) is 43.9 Å². The van der Waals surface area contributed by atoms with Gasteiger partial charge in [-0.3, -0.25) is 9.80 Å². The molecule has 0 aliphatic carbocycles. The molecular formula is C20H26F10N2. The minimum Gasteiger partial charge on any atom is -0.287 e. The zero-order chi connectivity index (χ0) is 24.5. The third-order valence-electron chi connectivity index (χ3n) is 6.11. The molecule has 2 aliphatic rings. The summed E-state index contributed by atoms with van der Waals surface area (Å²) in [6.07, 6.45) is -9.55. The molecule has 0 aromatic heterocycles. The molecule has 12 heteroatoms. The number of hydrogen-bond acceptors (Lipinski definition) is 2. The van der Waals surface area contributed by atoms with Gasteiger partial charge in [0.05, 0.1) is 0 Å². The highest BCUT2D eigenvalue weighted by molar-refractivity contribution is 5.20. The standard InChI is InChI=1S/C20H26F10N2/c1-3-17(21,22)15(19(25,26)27)32-11-8-14(12-32)13(2)18(23,24)16(20(28,29)30)31-9-6-4-5-7-10-31/h3,14-16H,1-2,4-12H2. The van der Waals surface area contributed by atoms with Gasteiger partial charge in [-0.15, -0.1) is 0 Å². The van der Waals surface area contributed by atoms with E-state index in [-0.39, 0.29) is 24.1 Å². The van der Waals surface area contributed by atoms with Gasteiger partial charge >= 0.3 is 12.4 Å². The molecule has 0 N–H and O–H groups in total. The molecule has 2 heterocycles. The summed E-state index contributed by atoms with van der Waals surface area (Å²) in [5, 5.41) is 0. The Labute approximate surface area is 179 Å². The van der Waals surface area contributed by atoms with Crippen molar-refractivity contribution in [1.82, 2.24) is 9.80 Å². The largest absolute Gasteiger partial charge is 0.410 e. The second kappa shape index (κ2) is 9.52. The summed E-state index contributed by atoms with van der Waals surface area (Å²) in [4.78, 5) is 0.914. The molecule has 0 saturated carbocycles. The van der Waals surface area contributed by atoms with Crippen molar-refractivity contribution in [2.45, 2.75) is 68.4 Å². The van der Waals surface area contributed by atoms with Crippen LogP contribution in [0.4, 0.5) is 43.9 Å². The Hall–Kier alpha value is -1.30. The maximum atomic E-state index is 15.1. The molecule has 2 rings (SSSR count). The van der Waals surface area contributed by atoms with Crippen molar-refractivity contribution in [3.8, 4) is 0 Å². The molecule has 186 valence electrons. The summed E-state index contributed by atoms with van der Waals surface area (Å²) in [7, 11) is 0. The maximum absolute atomic E-state index is 15.1. The Morgan fingerprint density at radius 2 is 1.25 bits per heavy atom. The van der Waals surface area contributed by atoms with Crippen molar-refractivity contribution >= 4 is 0 Å². The molecule has 3 atom stereocenters. The Balaban J connectivity index is 2.27. The van der Waals surface area contributed by atoms with Gasteiger partial charge in [0.1, 0.15) is 0 Å². The van der Waals surface area contributed by atoms with Crippen molar-refractivity contribution in [2.75, 3.05) is 26.2 Å². The van der Waals surface area contributed by atoms with Crippen LogP contribution in [0, 0.1) is 5.92 Å². The van der Waals surface area contributed by atoms with Crippen LogP contribution in [0.2, 0.25) is 0 Å². The van der Waals surface area contributed by atoms with Crippen LogP contribution < -0.4 is 0 Å². The molecule has 0 radical (unpaired) electrons. The first-order valence-corrected chi connectivity index (χ1v) is 10.2. The predicted octanol–water partition coefficient (Wildman–Crippen LogP) is 6.06. The number of alkyl halides is 10. The highest BCUT2D eigenvalue weighted by Crippen LogP contribution is 2.46. The van der Waals surface area contributed by atoms with E-state index in [1.807, 2.05) is 0 Å². The Bertz CT molecular complexity index is 662. The minimum atomic E-state index is -5.41. The third-order valence-corrected chi connectivity index (χ3v) is 6.11. The lowest BCUT2D eigenvalue weighted by Crippen LogP contribution is -2.58. The lowest BCUT2D eigenvalue weighted by molar-refractivity contribution is -0.238. The monoisotopic (exact) mass is 484 g/mol. The highest BCUT2D eigenvalue weighted by Gasteiger charge is 2.62. The zero-order valence-electron chi connectivity index (χ0n) is 17.3. The van der Waals surface area contributed by atoms with E-state index in [2.05, 4.69) is 13.2 Å². The van der Waals surface area contributed by atoms with Gasteiger partial charge in [0.15, 0.2) is 12.1 Å². The zero-order valence-corrected chi connectivity index (χ0v) is 17.3. The maximum Gasteiger partial charge on any atom is 0.410 e.